The van der Waals surface area contributed by atoms with E-state index in [1.165, 1.54) is 55.6 Å². The molecule has 1 amide bonds. The summed E-state index contributed by atoms with van der Waals surface area (Å²) in [5.74, 6) is -0.556. The van der Waals surface area contributed by atoms with Crippen molar-refractivity contribution in [3.05, 3.63) is 113 Å². The fraction of sp³-hybridized carbons (Fsp3) is 0.107. The van der Waals surface area contributed by atoms with Gasteiger partial charge in [0.1, 0.15) is 0 Å². The molecule has 4 aromatic carbocycles. The van der Waals surface area contributed by atoms with E-state index in [1.807, 2.05) is 13.8 Å². The van der Waals surface area contributed by atoms with E-state index in [2.05, 4.69) is 10.0 Å². The van der Waals surface area contributed by atoms with E-state index >= 15 is 0 Å². The van der Waals surface area contributed by atoms with Gasteiger partial charge in [0.2, 0.25) is 0 Å². The Morgan fingerprint density at radius 2 is 1.36 bits per heavy atom. The first-order chi connectivity index (χ1) is 18.4. The van der Waals surface area contributed by atoms with E-state index in [9.17, 15) is 21.6 Å². The Labute approximate surface area is 233 Å². The first-order valence-corrected chi connectivity index (χ1v) is 15.0. The maximum Gasteiger partial charge on any atom is 0.264 e. The predicted octanol–water partition coefficient (Wildman–Crippen LogP) is 5.84. The number of hydrogen-bond donors (Lipinski definition) is 2. The second kappa shape index (κ2) is 11.1. The molecule has 0 radical (unpaired) electrons. The number of nitrogens with one attached hydrogen (secondary N) is 2. The maximum absolute atomic E-state index is 13.2. The maximum atomic E-state index is 13.2. The van der Waals surface area contributed by atoms with Crippen LogP contribution in [0.1, 0.15) is 21.5 Å². The number of sulfonamides is 2. The molecule has 0 atom stereocenters. The molecular weight excluding hydrogens is 558 g/mol. The number of benzene rings is 4. The second-order valence-electron chi connectivity index (χ2n) is 8.85. The lowest BCUT2D eigenvalue weighted by atomic mass is 10.1. The summed E-state index contributed by atoms with van der Waals surface area (Å²) in [6.07, 6.45) is 0. The molecule has 0 aliphatic rings. The molecule has 0 aliphatic heterocycles. The van der Waals surface area contributed by atoms with Crippen LogP contribution in [0.2, 0.25) is 5.02 Å². The summed E-state index contributed by atoms with van der Waals surface area (Å²) in [6.45, 7) is 3.67. The lowest BCUT2D eigenvalue weighted by Gasteiger charge is -2.22. The minimum atomic E-state index is -3.92. The Bertz CT molecular complexity index is 1740. The van der Waals surface area contributed by atoms with Gasteiger partial charge in [-0.3, -0.25) is 13.8 Å². The molecule has 4 rings (SSSR count). The van der Waals surface area contributed by atoms with Crippen molar-refractivity contribution < 1.29 is 21.6 Å². The van der Waals surface area contributed by atoms with Crippen LogP contribution in [-0.2, 0) is 20.0 Å². The number of carbonyl (C=O) groups excluding carboxylic acids is 1. The van der Waals surface area contributed by atoms with E-state index in [4.69, 9.17) is 11.6 Å². The van der Waals surface area contributed by atoms with Gasteiger partial charge in [-0.2, -0.15) is 0 Å². The van der Waals surface area contributed by atoms with Crippen molar-refractivity contribution in [2.75, 3.05) is 21.4 Å². The molecule has 0 saturated heterocycles. The number of rotatable bonds is 8. The molecule has 11 heteroatoms. The SMILES string of the molecule is Cc1ccc(S(=O)(=O)N(C)c2ccccc2C(=O)Nc2ccc(S(=O)(=O)Nc3ccc(C)c(Cl)c3)cc2)cc1. The Kier molecular flexibility index (Phi) is 8.01. The topological polar surface area (TPSA) is 113 Å². The van der Waals surface area contributed by atoms with E-state index in [1.54, 1.807) is 42.5 Å². The minimum absolute atomic E-state index is 0.0125. The molecular formula is C28H26ClN3O5S2. The zero-order valence-corrected chi connectivity index (χ0v) is 23.7. The van der Waals surface area contributed by atoms with E-state index in [0.717, 1.165) is 15.4 Å². The Morgan fingerprint density at radius 1 is 0.769 bits per heavy atom. The normalized spacial score (nSPS) is 11.6. The smallest absolute Gasteiger partial charge is 0.264 e. The Hall–Kier alpha value is -3.86. The molecule has 0 unspecified atom stereocenters. The number of nitrogens with zero attached hydrogens (tertiary/aromatic N) is 1. The summed E-state index contributed by atoms with van der Waals surface area (Å²) in [6, 6.07) is 23.2. The molecule has 0 heterocycles. The number of hydrogen-bond acceptors (Lipinski definition) is 5. The molecule has 0 aliphatic carbocycles. The zero-order valence-electron chi connectivity index (χ0n) is 21.3. The third-order valence-electron chi connectivity index (χ3n) is 6.01. The fourth-order valence-corrected chi connectivity index (χ4v) is 6.17. The van der Waals surface area contributed by atoms with Crippen molar-refractivity contribution in [2.45, 2.75) is 23.6 Å². The largest absolute Gasteiger partial charge is 0.322 e. The molecule has 202 valence electrons. The van der Waals surface area contributed by atoms with Gasteiger partial charge in [-0.25, -0.2) is 16.8 Å². The third kappa shape index (κ3) is 6.25. The molecule has 0 spiro atoms. The molecule has 39 heavy (non-hydrogen) atoms. The van der Waals surface area contributed by atoms with Crippen LogP contribution in [-0.4, -0.2) is 29.8 Å². The summed E-state index contributed by atoms with van der Waals surface area (Å²) in [4.78, 5) is 13.2. The second-order valence-corrected chi connectivity index (χ2v) is 12.9. The summed E-state index contributed by atoms with van der Waals surface area (Å²) in [7, 11) is -6.43. The number of amides is 1. The van der Waals surface area contributed by atoms with Gasteiger partial charge in [0.15, 0.2) is 0 Å². The van der Waals surface area contributed by atoms with Gasteiger partial charge in [0, 0.05) is 17.8 Å². The first kappa shape index (κ1) is 28.2. The summed E-state index contributed by atoms with van der Waals surface area (Å²) in [5, 5.41) is 3.14. The van der Waals surface area contributed by atoms with Crippen LogP contribution in [0.3, 0.4) is 0 Å². The van der Waals surface area contributed by atoms with Gasteiger partial charge < -0.3 is 5.32 Å². The van der Waals surface area contributed by atoms with Crippen molar-refractivity contribution in [2.24, 2.45) is 0 Å². The minimum Gasteiger partial charge on any atom is -0.322 e. The van der Waals surface area contributed by atoms with Crippen molar-refractivity contribution >= 4 is 54.6 Å². The molecule has 0 aromatic heterocycles. The predicted molar refractivity (Wildman–Crippen MR) is 155 cm³/mol. The van der Waals surface area contributed by atoms with Gasteiger partial charge in [0.05, 0.1) is 26.7 Å². The van der Waals surface area contributed by atoms with Crippen molar-refractivity contribution in [1.29, 1.82) is 0 Å². The Morgan fingerprint density at radius 3 is 2.00 bits per heavy atom. The van der Waals surface area contributed by atoms with Gasteiger partial charge in [-0.05, 0) is 80.1 Å². The molecule has 8 nitrogen and oxygen atoms in total. The lowest BCUT2D eigenvalue weighted by Crippen LogP contribution is -2.29. The van der Waals surface area contributed by atoms with Crippen LogP contribution in [0, 0.1) is 13.8 Å². The van der Waals surface area contributed by atoms with Crippen molar-refractivity contribution in [3.8, 4) is 0 Å². The number of para-hydroxylation sites is 1. The number of halogens is 1. The van der Waals surface area contributed by atoms with Crippen LogP contribution in [0.5, 0.6) is 0 Å². The summed E-state index contributed by atoms with van der Waals surface area (Å²) < 4.78 is 55.5. The standard InChI is InChI=1S/C28H26ClN3O5S2/c1-19-8-14-24(15-9-19)39(36,37)32(3)27-7-5-4-6-25(27)28(33)30-21-12-16-23(17-13-21)38(34,35)31-22-11-10-20(2)26(29)18-22/h4-18,31H,1-3H3,(H,30,33). The molecule has 4 aromatic rings. The lowest BCUT2D eigenvalue weighted by molar-refractivity contribution is 0.102. The van der Waals surface area contributed by atoms with Gasteiger partial charge in [0.25, 0.3) is 26.0 Å². The average Bonchev–Trinajstić information content (AvgIpc) is 2.90. The summed E-state index contributed by atoms with van der Waals surface area (Å²) >= 11 is 6.09. The molecule has 0 fully saturated rings. The number of carbonyl (C=O) groups is 1. The van der Waals surface area contributed by atoms with Crippen LogP contribution in [0.4, 0.5) is 17.1 Å². The number of aryl methyl sites for hydroxylation is 2. The van der Waals surface area contributed by atoms with E-state index < -0.39 is 26.0 Å². The van der Waals surface area contributed by atoms with Gasteiger partial charge >= 0.3 is 0 Å². The highest BCUT2D eigenvalue weighted by molar-refractivity contribution is 7.93. The molecule has 2 N–H and O–H groups in total. The monoisotopic (exact) mass is 583 g/mol. The quantitative estimate of drug-likeness (QED) is 0.271. The zero-order chi connectivity index (χ0) is 28.4. The first-order valence-electron chi connectivity index (χ1n) is 11.7. The Balaban J connectivity index is 1.53. The molecule has 0 bridgehead atoms. The highest BCUT2D eigenvalue weighted by atomic mass is 35.5. The number of anilines is 3. The van der Waals surface area contributed by atoms with Crippen LogP contribution < -0.4 is 14.3 Å². The fourth-order valence-electron chi connectivity index (χ4n) is 3.72. The van der Waals surface area contributed by atoms with Crippen molar-refractivity contribution in [1.82, 2.24) is 0 Å². The molecule has 0 saturated carbocycles. The average molecular weight is 584 g/mol. The summed E-state index contributed by atoms with van der Waals surface area (Å²) in [5.41, 5.74) is 2.72. The van der Waals surface area contributed by atoms with Crippen LogP contribution >= 0.6 is 11.6 Å². The van der Waals surface area contributed by atoms with Gasteiger partial charge in [-0.1, -0.05) is 47.5 Å². The third-order valence-corrected chi connectivity index (χ3v) is 9.60. The highest BCUT2D eigenvalue weighted by Crippen LogP contribution is 2.27. The van der Waals surface area contributed by atoms with Crippen LogP contribution in [0.25, 0.3) is 0 Å². The van der Waals surface area contributed by atoms with E-state index in [0.29, 0.717) is 16.4 Å². The van der Waals surface area contributed by atoms with Crippen LogP contribution in [0.15, 0.2) is 101 Å². The highest BCUT2D eigenvalue weighted by Gasteiger charge is 2.25. The van der Waals surface area contributed by atoms with Crippen molar-refractivity contribution in [3.63, 3.8) is 0 Å². The van der Waals surface area contributed by atoms with Gasteiger partial charge in [-0.15, -0.1) is 0 Å². The van der Waals surface area contributed by atoms with E-state index in [-0.39, 0.29) is 21.0 Å².